The number of carbonyl (C=O) groups excluding carboxylic acids is 4. The molecule has 0 aliphatic carbocycles. The molecule has 1 aliphatic heterocycles. The van der Waals surface area contributed by atoms with Crippen LogP contribution in [0, 0.1) is 5.82 Å². The van der Waals surface area contributed by atoms with Gasteiger partial charge in [-0.05, 0) is 72.7 Å². The number of hydrogen-bond acceptors (Lipinski definition) is 6. The quantitative estimate of drug-likeness (QED) is 0.303. The Hall–Kier alpha value is -4.79. The lowest BCUT2D eigenvalue weighted by Gasteiger charge is -2.26. The summed E-state index contributed by atoms with van der Waals surface area (Å²) in [6.07, 6.45) is 1.37. The molecule has 3 aromatic rings. The number of esters is 1. The number of halogens is 1. The van der Waals surface area contributed by atoms with Crippen LogP contribution < -0.4 is 15.0 Å². The lowest BCUT2D eigenvalue weighted by molar-refractivity contribution is -0.122. The summed E-state index contributed by atoms with van der Waals surface area (Å²) in [5.74, 6) is -1.93. The lowest BCUT2D eigenvalue weighted by Crippen LogP contribution is -2.54. The zero-order valence-corrected chi connectivity index (χ0v) is 19.2. The first-order valence-electron chi connectivity index (χ1n) is 11.0. The number of barbiturate groups is 1. The third kappa shape index (κ3) is 5.47. The summed E-state index contributed by atoms with van der Waals surface area (Å²) in [4.78, 5) is 50.5. The molecule has 1 saturated heterocycles. The Balaban J connectivity index is 1.49. The first kappa shape index (κ1) is 24.3. The van der Waals surface area contributed by atoms with Crippen LogP contribution >= 0.6 is 0 Å². The van der Waals surface area contributed by atoms with E-state index in [0.29, 0.717) is 11.3 Å². The molecular weight excluding hydrogens is 467 g/mol. The Morgan fingerprint density at radius 1 is 0.944 bits per heavy atom. The summed E-state index contributed by atoms with van der Waals surface area (Å²) in [5.41, 5.74) is 1.55. The fourth-order valence-corrected chi connectivity index (χ4v) is 3.43. The zero-order valence-electron chi connectivity index (χ0n) is 19.2. The second-order valence-electron chi connectivity index (χ2n) is 7.71. The van der Waals surface area contributed by atoms with Crippen LogP contribution in [0.1, 0.15) is 28.4 Å². The first-order valence-corrected chi connectivity index (χ1v) is 11.0. The molecule has 4 rings (SSSR count). The fourth-order valence-electron chi connectivity index (χ4n) is 3.43. The van der Waals surface area contributed by atoms with Crippen LogP contribution in [0.2, 0.25) is 0 Å². The molecular formula is C27H21FN2O6. The second-order valence-corrected chi connectivity index (χ2v) is 7.71. The van der Waals surface area contributed by atoms with E-state index in [1.807, 2.05) is 0 Å². The van der Waals surface area contributed by atoms with Crippen LogP contribution in [0.25, 0.3) is 6.08 Å². The number of urea groups is 1. The van der Waals surface area contributed by atoms with Crippen molar-refractivity contribution in [1.29, 1.82) is 0 Å². The van der Waals surface area contributed by atoms with Gasteiger partial charge in [0.1, 0.15) is 23.7 Å². The molecule has 0 bridgehead atoms. The molecule has 36 heavy (non-hydrogen) atoms. The van der Waals surface area contributed by atoms with Crippen molar-refractivity contribution >= 4 is 35.6 Å². The molecule has 182 valence electrons. The maximum absolute atomic E-state index is 13.1. The number of amides is 4. The van der Waals surface area contributed by atoms with Crippen molar-refractivity contribution in [2.75, 3.05) is 11.5 Å². The normalized spacial score (nSPS) is 14.6. The van der Waals surface area contributed by atoms with Crippen molar-refractivity contribution in [2.45, 2.75) is 13.5 Å². The van der Waals surface area contributed by atoms with Gasteiger partial charge in [0, 0.05) is 0 Å². The highest BCUT2D eigenvalue weighted by molar-refractivity contribution is 6.39. The number of anilines is 1. The number of carbonyl (C=O) groups is 4. The van der Waals surface area contributed by atoms with Gasteiger partial charge in [-0.15, -0.1) is 0 Å². The van der Waals surface area contributed by atoms with E-state index >= 15 is 0 Å². The van der Waals surface area contributed by atoms with Crippen LogP contribution in [-0.2, 0) is 20.9 Å². The highest BCUT2D eigenvalue weighted by Gasteiger charge is 2.36. The monoisotopic (exact) mass is 488 g/mol. The molecule has 9 heteroatoms. The molecule has 0 aromatic heterocycles. The standard InChI is InChI=1S/C27H21FN2O6/c1-2-35-26(33)19-7-11-21(12-8-19)30-25(32)23(24(31)29-27(30)34)15-17-5-13-22(14-6-17)36-16-18-3-9-20(28)10-4-18/h3-15H,2,16H2,1H3,(H,29,31,34)/b23-15+. The van der Waals surface area contributed by atoms with Gasteiger partial charge in [-0.2, -0.15) is 0 Å². The first-order chi connectivity index (χ1) is 17.4. The number of nitrogens with zero attached hydrogens (tertiary/aromatic N) is 1. The van der Waals surface area contributed by atoms with E-state index < -0.39 is 23.8 Å². The molecule has 0 unspecified atom stereocenters. The smallest absolute Gasteiger partial charge is 0.338 e. The van der Waals surface area contributed by atoms with Crippen molar-refractivity contribution in [1.82, 2.24) is 5.32 Å². The van der Waals surface area contributed by atoms with E-state index in [2.05, 4.69) is 5.32 Å². The third-order valence-electron chi connectivity index (χ3n) is 5.25. The average Bonchev–Trinajstić information content (AvgIpc) is 2.87. The van der Waals surface area contributed by atoms with Gasteiger partial charge in [0.2, 0.25) is 0 Å². The van der Waals surface area contributed by atoms with Gasteiger partial charge in [-0.1, -0.05) is 24.3 Å². The zero-order chi connectivity index (χ0) is 25.7. The number of nitrogens with one attached hydrogen (secondary N) is 1. The Morgan fingerprint density at radius 2 is 1.61 bits per heavy atom. The Morgan fingerprint density at radius 3 is 2.25 bits per heavy atom. The summed E-state index contributed by atoms with van der Waals surface area (Å²) in [6, 6.07) is 17.4. The van der Waals surface area contributed by atoms with Gasteiger partial charge < -0.3 is 9.47 Å². The molecule has 1 heterocycles. The number of benzene rings is 3. The molecule has 0 atom stereocenters. The Bertz CT molecular complexity index is 1330. The van der Waals surface area contributed by atoms with Crippen LogP contribution in [0.15, 0.2) is 78.4 Å². The SMILES string of the molecule is CCOC(=O)c1ccc(N2C(=O)NC(=O)/C(=C\c3ccc(OCc4ccc(F)cc4)cc3)C2=O)cc1. The van der Waals surface area contributed by atoms with Gasteiger partial charge in [0.05, 0.1) is 17.9 Å². The molecule has 0 spiro atoms. The summed E-state index contributed by atoms with van der Waals surface area (Å²) in [5, 5.41) is 2.16. The molecule has 0 saturated carbocycles. The predicted octanol–water partition coefficient (Wildman–Crippen LogP) is 4.25. The average molecular weight is 488 g/mol. The van der Waals surface area contributed by atoms with Crippen LogP contribution in [0.5, 0.6) is 5.75 Å². The topological polar surface area (TPSA) is 102 Å². The van der Waals surface area contributed by atoms with Crippen LogP contribution in [-0.4, -0.2) is 30.4 Å². The van der Waals surface area contributed by atoms with E-state index in [9.17, 15) is 23.6 Å². The van der Waals surface area contributed by atoms with E-state index in [1.54, 1.807) is 43.3 Å². The minimum absolute atomic E-state index is 0.188. The van der Waals surface area contributed by atoms with Gasteiger partial charge in [-0.3, -0.25) is 14.9 Å². The summed E-state index contributed by atoms with van der Waals surface area (Å²) in [6.45, 7) is 2.14. The summed E-state index contributed by atoms with van der Waals surface area (Å²) >= 11 is 0. The molecule has 8 nitrogen and oxygen atoms in total. The second kappa shape index (κ2) is 10.6. The summed E-state index contributed by atoms with van der Waals surface area (Å²) in [7, 11) is 0. The van der Waals surface area contributed by atoms with Crippen molar-refractivity contribution in [3.8, 4) is 5.75 Å². The van der Waals surface area contributed by atoms with Crippen molar-refractivity contribution in [3.05, 3.63) is 101 Å². The molecule has 0 radical (unpaired) electrons. The number of rotatable bonds is 7. The summed E-state index contributed by atoms with van der Waals surface area (Å²) < 4.78 is 23.6. The van der Waals surface area contributed by atoms with Crippen LogP contribution in [0.4, 0.5) is 14.9 Å². The van der Waals surface area contributed by atoms with Gasteiger partial charge >= 0.3 is 12.0 Å². The van der Waals surface area contributed by atoms with Crippen molar-refractivity contribution in [2.24, 2.45) is 0 Å². The molecule has 4 amide bonds. The van der Waals surface area contributed by atoms with E-state index in [4.69, 9.17) is 9.47 Å². The minimum atomic E-state index is -0.893. The van der Waals surface area contributed by atoms with Crippen molar-refractivity contribution in [3.63, 3.8) is 0 Å². The van der Waals surface area contributed by atoms with E-state index in [1.165, 1.54) is 42.5 Å². The number of imide groups is 2. The lowest BCUT2D eigenvalue weighted by atomic mass is 10.1. The van der Waals surface area contributed by atoms with Gasteiger partial charge in [-0.25, -0.2) is 18.9 Å². The number of hydrogen-bond donors (Lipinski definition) is 1. The largest absolute Gasteiger partial charge is 0.489 e. The van der Waals surface area contributed by atoms with Gasteiger partial charge in [0.25, 0.3) is 11.8 Å². The predicted molar refractivity (Wildman–Crippen MR) is 129 cm³/mol. The molecule has 1 aliphatic rings. The van der Waals surface area contributed by atoms with Crippen molar-refractivity contribution < 1.29 is 33.0 Å². The Labute approximate surface area is 205 Å². The molecule has 1 fully saturated rings. The highest BCUT2D eigenvalue weighted by Crippen LogP contribution is 2.23. The third-order valence-corrected chi connectivity index (χ3v) is 5.25. The Kier molecular flexibility index (Phi) is 7.20. The maximum atomic E-state index is 13.1. The van der Waals surface area contributed by atoms with Crippen LogP contribution in [0.3, 0.4) is 0 Å². The molecule has 1 N–H and O–H groups in total. The van der Waals surface area contributed by atoms with Gasteiger partial charge in [0.15, 0.2) is 0 Å². The number of ether oxygens (including phenoxy) is 2. The molecule has 3 aromatic carbocycles. The maximum Gasteiger partial charge on any atom is 0.338 e. The van der Waals surface area contributed by atoms with E-state index in [0.717, 1.165) is 10.5 Å². The van der Waals surface area contributed by atoms with E-state index in [-0.39, 0.29) is 35.9 Å². The minimum Gasteiger partial charge on any atom is -0.489 e. The fraction of sp³-hybridized carbons (Fsp3) is 0.111. The highest BCUT2D eigenvalue weighted by atomic mass is 19.1.